The van der Waals surface area contributed by atoms with Crippen molar-refractivity contribution in [1.29, 1.82) is 0 Å². The maximum absolute atomic E-state index is 13.3. The summed E-state index contributed by atoms with van der Waals surface area (Å²) < 4.78 is 6.71. The Labute approximate surface area is 191 Å². The molecule has 1 N–H and O–H groups in total. The molecule has 0 bridgehead atoms. The van der Waals surface area contributed by atoms with Crippen molar-refractivity contribution in [2.24, 2.45) is 0 Å². The topological polar surface area (TPSA) is 93.3 Å². The van der Waals surface area contributed by atoms with E-state index in [4.69, 9.17) is 9.62 Å². The van der Waals surface area contributed by atoms with Crippen LogP contribution < -0.4 is 5.32 Å². The van der Waals surface area contributed by atoms with Gasteiger partial charge in [-0.3, -0.25) is 14.3 Å². The van der Waals surface area contributed by atoms with Gasteiger partial charge in [0.15, 0.2) is 5.82 Å². The molecule has 0 aliphatic heterocycles. The van der Waals surface area contributed by atoms with E-state index in [0.29, 0.717) is 29.4 Å². The molecule has 4 rings (SSSR count). The van der Waals surface area contributed by atoms with Gasteiger partial charge in [-0.15, -0.1) is 0 Å². The molecule has 0 saturated carbocycles. The van der Waals surface area contributed by atoms with Crippen molar-refractivity contribution < 1.29 is 14.1 Å². The Morgan fingerprint density at radius 2 is 1.79 bits per heavy atom. The predicted octanol–water partition coefficient (Wildman–Crippen LogP) is 3.91. The molecule has 33 heavy (non-hydrogen) atoms. The second-order valence-electron chi connectivity index (χ2n) is 7.97. The Morgan fingerprint density at radius 3 is 2.45 bits per heavy atom. The molecular formula is C25H25N5O3. The second kappa shape index (κ2) is 9.52. The normalized spacial score (nSPS) is 10.8. The van der Waals surface area contributed by atoms with Crippen LogP contribution in [-0.2, 0) is 11.3 Å². The quantitative estimate of drug-likeness (QED) is 0.467. The lowest BCUT2D eigenvalue weighted by atomic mass is 10.1. The molecular weight excluding hydrogens is 418 g/mol. The fourth-order valence-electron chi connectivity index (χ4n) is 3.45. The summed E-state index contributed by atoms with van der Waals surface area (Å²) in [4.78, 5) is 27.1. The van der Waals surface area contributed by atoms with Crippen molar-refractivity contribution in [3.05, 3.63) is 89.3 Å². The van der Waals surface area contributed by atoms with Crippen LogP contribution >= 0.6 is 0 Å². The van der Waals surface area contributed by atoms with E-state index < -0.39 is 0 Å². The lowest BCUT2D eigenvalue weighted by molar-refractivity contribution is -0.116. The molecule has 0 aliphatic carbocycles. The average Bonchev–Trinajstić information content (AvgIpc) is 3.40. The first-order chi connectivity index (χ1) is 15.9. The summed E-state index contributed by atoms with van der Waals surface area (Å²) in [6, 6.07) is 19.4. The van der Waals surface area contributed by atoms with E-state index in [1.165, 1.54) is 4.90 Å². The Balaban J connectivity index is 1.57. The second-order valence-corrected chi connectivity index (χ2v) is 7.97. The third-order valence-electron chi connectivity index (χ3n) is 5.13. The third kappa shape index (κ3) is 5.35. The number of carbonyl (C=O) groups excluding carboxylic acids is 2. The van der Waals surface area contributed by atoms with E-state index in [1.807, 2.05) is 61.5 Å². The van der Waals surface area contributed by atoms with Crippen LogP contribution in [0.3, 0.4) is 0 Å². The molecule has 8 heteroatoms. The van der Waals surface area contributed by atoms with Crippen LogP contribution in [-0.4, -0.2) is 45.2 Å². The average molecular weight is 444 g/mol. The first kappa shape index (κ1) is 22.0. The minimum atomic E-state index is -0.368. The fourth-order valence-corrected chi connectivity index (χ4v) is 3.45. The van der Waals surface area contributed by atoms with Crippen LogP contribution in [0.15, 0.2) is 71.4 Å². The third-order valence-corrected chi connectivity index (χ3v) is 5.13. The molecule has 4 aromatic rings. The van der Waals surface area contributed by atoms with E-state index in [9.17, 15) is 9.59 Å². The first-order valence-corrected chi connectivity index (χ1v) is 10.6. The summed E-state index contributed by atoms with van der Waals surface area (Å²) in [5.41, 5.74) is 4.04. The van der Waals surface area contributed by atoms with Gasteiger partial charge < -0.3 is 14.7 Å². The number of carbonyl (C=O) groups is 2. The summed E-state index contributed by atoms with van der Waals surface area (Å²) in [6.45, 7) is 4.13. The highest BCUT2D eigenvalue weighted by atomic mass is 16.5. The van der Waals surface area contributed by atoms with Gasteiger partial charge in [-0.2, -0.15) is 5.10 Å². The van der Waals surface area contributed by atoms with Crippen LogP contribution in [0.5, 0.6) is 0 Å². The summed E-state index contributed by atoms with van der Waals surface area (Å²) in [6.07, 6.45) is 1.74. The molecule has 2 amide bonds. The minimum Gasteiger partial charge on any atom is -0.360 e. The van der Waals surface area contributed by atoms with Crippen LogP contribution in [0, 0.1) is 13.8 Å². The van der Waals surface area contributed by atoms with Crippen LogP contribution in [0.4, 0.5) is 5.82 Å². The van der Waals surface area contributed by atoms with Crippen molar-refractivity contribution >= 4 is 17.6 Å². The van der Waals surface area contributed by atoms with Crippen molar-refractivity contribution in [3.63, 3.8) is 0 Å². The highest BCUT2D eigenvalue weighted by molar-refractivity contribution is 6.02. The molecule has 0 fully saturated rings. The van der Waals surface area contributed by atoms with Gasteiger partial charge in [0, 0.05) is 24.9 Å². The number of rotatable bonds is 7. The van der Waals surface area contributed by atoms with E-state index in [-0.39, 0.29) is 18.4 Å². The van der Waals surface area contributed by atoms with Gasteiger partial charge in [-0.25, -0.2) is 0 Å². The van der Waals surface area contributed by atoms with Gasteiger partial charge in [-0.05, 0) is 19.4 Å². The smallest absolute Gasteiger partial charge is 0.257 e. The number of likely N-dealkylation sites (N-methyl/N-ethyl adjacent to an activating group) is 1. The molecule has 168 valence electrons. The van der Waals surface area contributed by atoms with Gasteiger partial charge in [0.1, 0.15) is 11.5 Å². The number of amides is 2. The van der Waals surface area contributed by atoms with Crippen molar-refractivity contribution in [2.45, 2.75) is 20.4 Å². The fraction of sp³-hybridized carbons (Fsp3) is 0.200. The zero-order valence-electron chi connectivity index (χ0n) is 18.8. The standard InChI is InChI=1S/C25H25N5O3/c1-17-9-11-20(12-10-17)24-21(15-30(27-24)14-19-7-5-4-6-8-19)25(32)29(3)16-23(31)26-22-13-18(2)33-28-22/h4-13,15H,14,16H2,1-3H3,(H,26,28,31). The van der Waals surface area contributed by atoms with E-state index in [1.54, 1.807) is 30.9 Å². The number of anilines is 1. The Kier molecular flexibility index (Phi) is 6.35. The summed E-state index contributed by atoms with van der Waals surface area (Å²) in [7, 11) is 1.59. The first-order valence-electron chi connectivity index (χ1n) is 10.6. The molecule has 2 aromatic carbocycles. The Bertz CT molecular complexity index is 1260. The molecule has 0 radical (unpaired) electrons. The molecule has 0 atom stereocenters. The summed E-state index contributed by atoms with van der Waals surface area (Å²) in [5, 5.41) is 11.1. The lowest BCUT2D eigenvalue weighted by Crippen LogP contribution is -2.35. The zero-order chi connectivity index (χ0) is 23.4. The molecule has 0 spiro atoms. The van der Waals surface area contributed by atoms with Gasteiger partial charge in [0.2, 0.25) is 5.91 Å². The minimum absolute atomic E-state index is 0.137. The number of hydrogen-bond acceptors (Lipinski definition) is 5. The number of aryl methyl sites for hydroxylation is 2. The van der Waals surface area contributed by atoms with Gasteiger partial charge >= 0.3 is 0 Å². The maximum Gasteiger partial charge on any atom is 0.257 e. The van der Waals surface area contributed by atoms with Gasteiger partial charge in [0.05, 0.1) is 18.7 Å². The SMILES string of the molecule is Cc1ccc(-c2nn(Cc3ccccc3)cc2C(=O)N(C)CC(=O)Nc2cc(C)on2)cc1. The predicted molar refractivity (Wildman–Crippen MR) is 125 cm³/mol. The molecule has 8 nitrogen and oxygen atoms in total. The van der Waals surface area contributed by atoms with E-state index in [2.05, 4.69) is 10.5 Å². The number of nitrogens with zero attached hydrogens (tertiary/aromatic N) is 4. The van der Waals surface area contributed by atoms with Crippen LogP contribution in [0.2, 0.25) is 0 Å². The Hall–Kier alpha value is -4.20. The summed E-state index contributed by atoms with van der Waals surface area (Å²) in [5.74, 6) is 0.238. The highest BCUT2D eigenvalue weighted by Gasteiger charge is 2.23. The molecule has 0 aliphatic rings. The maximum atomic E-state index is 13.3. The lowest BCUT2D eigenvalue weighted by Gasteiger charge is -2.16. The van der Waals surface area contributed by atoms with E-state index >= 15 is 0 Å². The Morgan fingerprint density at radius 1 is 1.06 bits per heavy atom. The number of hydrogen-bond donors (Lipinski definition) is 1. The monoisotopic (exact) mass is 443 g/mol. The van der Waals surface area contributed by atoms with Crippen molar-refractivity contribution in [3.8, 4) is 11.3 Å². The van der Waals surface area contributed by atoms with Crippen LogP contribution in [0.1, 0.15) is 27.2 Å². The van der Waals surface area contributed by atoms with Crippen molar-refractivity contribution in [2.75, 3.05) is 18.9 Å². The van der Waals surface area contributed by atoms with Gasteiger partial charge in [0.25, 0.3) is 5.91 Å². The largest absolute Gasteiger partial charge is 0.360 e. The summed E-state index contributed by atoms with van der Waals surface area (Å²) >= 11 is 0. The number of nitrogens with one attached hydrogen (secondary N) is 1. The van der Waals surface area contributed by atoms with Gasteiger partial charge in [-0.1, -0.05) is 65.3 Å². The molecule has 2 heterocycles. The number of aromatic nitrogens is 3. The van der Waals surface area contributed by atoms with Crippen molar-refractivity contribution in [1.82, 2.24) is 19.8 Å². The molecule has 0 unspecified atom stereocenters. The molecule has 2 aromatic heterocycles. The highest BCUT2D eigenvalue weighted by Crippen LogP contribution is 2.24. The number of benzene rings is 2. The van der Waals surface area contributed by atoms with Crippen LogP contribution in [0.25, 0.3) is 11.3 Å². The van der Waals surface area contributed by atoms with E-state index in [0.717, 1.165) is 16.7 Å². The zero-order valence-corrected chi connectivity index (χ0v) is 18.8. The molecule has 0 saturated heterocycles.